The van der Waals surface area contributed by atoms with Crippen LogP contribution in [0.25, 0.3) is 0 Å². The molecule has 2 saturated heterocycles. The lowest BCUT2D eigenvalue weighted by molar-refractivity contribution is -0.00835. The van der Waals surface area contributed by atoms with Gasteiger partial charge >= 0.3 is 0 Å². The van der Waals surface area contributed by atoms with Gasteiger partial charge in [0.05, 0.1) is 13.2 Å². The van der Waals surface area contributed by atoms with Crippen molar-refractivity contribution in [3.8, 4) is 0 Å². The van der Waals surface area contributed by atoms with Crippen LogP contribution < -0.4 is 5.32 Å². The molecule has 1 aromatic carbocycles. The van der Waals surface area contributed by atoms with E-state index in [4.69, 9.17) is 9.73 Å². The van der Waals surface area contributed by atoms with E-state index in [9.17, 15) is 0 Å². The van der Waals surface area contributed by atoms with Crippen molar-refractivity contribution in [2.24, 2.45) is 10.9 Å². The van der Waals surface area contributed by atoms with Crippen LogP contribution in [0.3, 0.4) is 0 Å². The molecule has 0 radical (unpaired) electrons. The van der Waals surface area contributed by atoms with Crippen molar-refractivity contribution in [1.82, 2.24) is 20.0 Å². The van der Waals surface area contributed by atoms with Gasteiger partial charge in [-0.25, -0.2) is 0 Å². The summed E-state index contributed by atoms with van der Waals surface area (Å²) in [6.07, 6.45) is 0.108. The molecule has 1 aromatic rings. The van der Waals surface area contributed by atoms with Gasteiger partial charge in [0.25, 0.3) is 0 Å². The number of nitrogens with zero attached hydrogens (tertiary/aromatic N) is 4. The van der Waals surface area contributed by atoms with E-state index in [2.05, 4.69) is 72.1 Å². The van der Waals surface area contributed by atoms with E-state index in [-0.39, 0.29) is 30.1 Å². The van der Waals surface area contributed by atoms with E-state index >= 15 is 0 Å². The van der Waals surface area contributed by atoms with Crippen LogP contribution in [0.2, 0.25) is 0 Å². The quantitative estimate of drug-likeness (QED) is 0.349. The minimum atomic E-state index is 0. The molecule has 2 fully saturated rings. The van der Waals surface area contributed by atoms with Gasteiger partial charge in [0.1, 0.15) is 6.10 Å². The molecule has 7 heteroatoms. The number of halogens is 1. The highest BCUT2D eigenvalue weighted by atomic mass is 127. The van der Waals surface area contributed by atoms with E-state index < -0.39 is 0 Å². The first kappa shape index (κ1) is 25.4. The first-order chi connectivity index (χ1) is 14.1. The minimum absolute atomic E-state index is 0. The Bertz CT molecular complexity index is 663. The maximum atomic E-state index is 6.10. The van der Waals surface area contributed by atoms with Crippen molar-refractivity contribution in [2.45, 2.75) is 26.9 Å². The molecule has 0 amide bonds. The number of benzene rings is 1. The Morgan fingerprint density at radius 1 is 1.20 bits per heavy atom. The summed E-state index contributed by atoms with van der Waals surface area (Å²) in [5, 5.41) is 3.50. The fourth-order valence-corrected chi connectivity index (χ4v) is 4.17. The fraction of sp³-hybridized carbons (Fsp3) is 0.696. The fourth-order valence-electron chi connectivity index (χ4n) is 4.17. The van der Waals surface area contributed by atoms with Crippen LogP contribution >= 0.6 is 24.0 Å². The van der Waals surface area contributed by atoms with Gasteiger partial charge in [-0.15, -0.1) is 24.0 Å². The zero-order valence-corrected chi connectivity index (χ0v) is 21.5. The molecule has 2 aliphatic rings. The van der Waals surface area contributed by atoms with Crippen LogP contribution in [0, 0.1) is 12.8 Å². The Morgan fingerprint density at radius 2 is 1.93 bits per heavy atom. The molecule has 3 rings (SSSR count). The van der Waals surface area contributed by atoms with Crippen LogP contribution in [-0.4, -0.2) is 93.2 Å². The number of rotatable bonds is 6. The standard InChI is InChI=1S/C23H39N5O.HI/c1-5-24-23(25-16-19(2)17-27-12-10-26(4)11-13-27)28-14-15-29-22(18-28)21-9-7-6-8-20(21)3;/h6-9,19,22H,5,10-18H2,1-4H3,(H,24,25);1H. The zero-order valence-electron chi connectivity index (χ0n) is 19.1. The second kappa shape index (κ2) is 12.8. The normalized spacial score (nSPS) is 22.5. The third kappa shape index (κ3) is 7.35. The van der Waals surface area contributed by atoms with E-state index in [1.807, 2.05) is 0 Å². The molecule has 170 valence electrons. The van der Waals surface area contributed by atoms with Crippen LogP contribution in [0.15, 0.2) is 29.3 Å². The summed E-state index contributed by atoms with van der Waals surface area (Å²) in [4.78, 5) is 12.4. The van der Waals surface area contributed by atoms with E-state index in [0.717, 1.165) is 45.3 Å². The monoisotopic (exact) mass is 529 g/mol. The SMILES string of the molecule is CCNC(=NCC(C)CN1CCN(C)CC1)N1CCOC(c2ccccc2C)C1.I. The van der Waals surface area contributed by atoms with Crippen molar-refractivity contribution >= 4 is 29.9 Å². The highest BCUT2D eigenvalue weighted by molar-refractivity contribution is 14.0. The number of hydrogen-bond donors (Lipinski definition) is 1. The summed E-state index contributed by atoms with van der Waals surface area (Å²) >= 11 is 0. The van der Waals surface area contributed by atoms with Crippen molar-refractivity contribution < 1.29 is 4.74 Å². The van der Waals surface area contributed by atoms with Gasteiger partial charge in [0, 0.05) is 52.4 Å². The average Bonchev–Trinajstić information content (AvgIpc) is 2.73. The Labute approximate surface area is 200 Å². The van der Waals surface area contributed by atoms with E-state index in [1.54, 1.807) is 0 Å². The summed E-state index contributed by atoms with van der Waals surface area (Å²) < 4.78 is 6.10. The van der Waals surface area contributed by atoms with Gasteiger partial charge in [-0.2, -0.15) is 0 Å². The van der Waals surface area contributed by atoms with E-state index in [1.165, 1.54) is 37.3 Å². The van der Waals surface area contributed by atoms with Crippen molar-refractivity contribution in [1.29, 1.82) is 0 Å². The lowest BCUT2D eigenvalue weighted by atomic mass is 10.0. The Kier molecular flexibility index (Phi) is 10.8. The molecule has 1 N–H and O–H groups in total. The van der Waals surface area contributed by atoms with Crippen molar-refractivity contribution in [3.05, 3.63) is 35.4 Å². The number of aliphatic imine (C=N–C) groups is 1. The molecule has 30 heavy (non-hydrogen) atoms. The summed E-state index contributed by atoms with van der Waals surface area (Å²) in [6.45, 7) is 16.7. The smallest absolute Gasteiger partial charge is 0.194 e. The largest absolute Gasteiger partial charge is 0.370 e. The van der Waals surface area contributed by atoms with Crippen LogP contribution in [0.4, 0.5) is 0 Å². The summed E-state index contributed by atoms with van der Waals surface area (Å²) in [6, 6.07) is 8.54. The van der Waals surface area contributed by atoms with E-state index in [0.29, 0.717) is 5.92 Å². The predicted molar refractivity (Wildman–Crippen MR) is 136 cm³/mol. The topological polar surface area (TPSA) is 43.3 Å². The average molecular weight is 530 g/mol. The number of likely N-dealkylation sites (N-methyl/N-ethyl adjacent to an activating group) is 1. The Balaban J connectivity index is 0.00000320. The molecule has 2 aliphatic heterocycles. The van der Waals surface area contributed by atoms with Gasteiger partial charge in [-0.3, -0.25) is 4.99 Å². The molecule has 2 atom stereocenters. The lowest BCUT2D eigenvalue weighted by Crippen LogP contribution is -2.48. The number of ether oxygens (including phenoxy) is 1. The number of guanidine groups is 1. The first-order valence-corrected chi connectivity index (χ1v) is 11.2. The van der Waals surface area contributed by atoms with Gasteiger partial charge in [0.15, 0.2) is 5.96 Å². The number of hydrogen-bond acceptors (Lipinski definition) is 4. The minimum Gasteiger partial charge on any atom is -0.370 e. The predicted octanol–water partition coefficient (Wildman–Crippen LogP) is 2.84. The maximum Gasteiger partial charge on any atom is 0.194 e. The zero-order chi connectivity index (χ0) is 20.6. The molecule has 2 unspecified atom stereocenters. The second-order valence-electron chi connectivity index (χ2n) is 8.57. The highest BCUT2D eigenvalue weighted by Gasteiger charge is 2.25. The summed E-state index contributed by atoms with van der Waals surface area (Å²) in [5.74, 6) is 1.58. The van der Waals surface area contributed by atoms with Gasteiger partial charge in [0.2, 0.25) is 0 Å². The third-order valence-electron chi connectivity index (χ3n) is 5.95. The van der Waals surface area contributed by atoms with Crippen LogP contribution in [-0.2, 0) is 4.74 Å². The molecule has 0 bridgehead atoms. The van der Waals surface area contributed by atoms with Crippen LogP contribution in [0.5, 0.6) is 0 Å². The van der Waals surface area contributed by atoms with Crippen molar-refractivity contribution in [3.63, 3.8) is 0 Å². The second-order valence-corrected chi connectivity index (χ2v) is 8.57. The number of aryl methyl sites for hydroxylation is 1. The van der Waals surface area contributed by atoms with Crippen molar-refractivity contribution in [2.75, 3.05) is 72.6 Å². The molecular weight excluding hydrogens is 489 g/mol. The molecule has 0 spiro atoms. The number of morpholine rings is 1. The molecule has 0 aromatic heterocycles. The third-order valence-corrected chi connectivity index (χ3v) is 5.95. The van der Waals surface area contributed by atoms with Crippen LogP contribution in [0.1, 0.15) is 31.1 Å². The molecule has 0 aliphatic carbocycles. The molecule has 6 nitrogen and oxygen atoms in total. The highest BCUT2D eigenvalue weighted by Crippen LogP contribution is 2.25. The lowest BCUT2D eigenvalue weighted by Gasteiger charge is -2.36. The molecule has 2 heterocycles. The summed E-state index contributed by atoms with van der Waals surface area (Å²) in [5.41, 5.74) is 2.58. The van der Waals surface area contributed by atoms with Gasteiger partial charge in [-0.1, -0.05) is 31.2 Å². The number of nitrogens with one attached hydrogen (secondary N) is 1. The summed E-state index contributed by atoms with van der Waals surface area (Å²) in [7, 11) is 2.21. The Morgan fingerprint density at radius 3 is 2.63 bits per heavy atom. The first-order valence-electron chi connectivity index (χ1n) is 11.2. The maximum absolute atomic E-state index is 6.10. The molecular formula is C23H40IN5O. The molecule has 0 saturated carbocycles. The Hall–Kier alpha value is -0.900. The van der Waals surface area contributed by atoms with Gasteiger partial charge < -0.3 is 24.8 Å². The number of piperazine rings is 1. The van der Waals surface area contributed by atoms with Gasteiger partial charge in [-0.05, 0) is 37.9 Å².